The minimum atomic E-state index is -0.199. The van der Waals surface area contributed by atoms with E-state index in [0.29, 0.717) is 23.7 Å². The van der Waals surface area contributed by atoms with Crippen molar-refractivity contribution in [2.24, 2.45) is 0 Å². The Hall–Kier alpha value is -3.06. The molecule has 7 heteroatoms. The third kappa shape index (κ3) is 6.59. The first-order valence-corrected chi connectivity index (χ1v) is 9.14. The maximum absolute atomic E-state index is 12.4. The molecule has 2 rings (SSSR count). The number of methoxy groups -OCH3 is 2. The van der Waals surface area contributed by atoms with E-state index in [-0.39, 0.29) is 24.9 Å². The van der Waals surface area contributed by atoms with Crippen LogP contribution in [0.3, 0.4) is 0 Å². The molecule has 2 aromatic carbocycles. The van der Waals surface area contributed by atoms with Crippen molar-refractivity contribution >= 4 is 23.2 Å². The average molecular weight is 385 g/mol. The highest BCUT2D eigenvalue weighted by molar-refractivity contribution is 5.95. The lowest BCUT2D eigenvalue weighted by Crippen LogP contribution is -2.39. The van der Waals surface area contributed by atoms with Crippen LogP contribution < -0.4 is 20.1 Å². The maximum Gasteiger partial charge on any atom is 0.238 e. The van der Waals surface area contributed by atoms with Crippen molar-refractivity contribution in [1.29, 1.82) is 0 Å². The van der Waals surface area contributed by atoms with Gasteiger partial charge in [-0.25, -0.2) is 0 Å². The Morgan fingerprint density at radius 3 is 2.14 bits per heavy atom. The Bertz CT molecular complexity index is 777. The first-order valence-electron chi connectivity index (χ1n) is 9.14. The summed E-state index contributed by atoms with van der Waals surface area (Å²) in [6.07, 6.45) is 0.831. The number of nitrogens with one attached hydrogen (secondary N) is 2. The number of benzene rings is 2. The largest absolute Gasteiger partial charge is 0.497 e. The molecule has 0 bridgehead atoms. The zero-order valence-electron chi connectivity index (χ0n) is 16.5. The fourth-order valence-corrected chi connectivity index (χ4v) is 2.75. The van der Waals surface area contributed by atoms with Crippen molar-refractivity contribution in [3.8, 4) is 11.5 Å². The molecule has 0 heterocycles. The van der Waals surface area contributed by atoms with E-state index in [0.717, 1.165) is 12.2 Å². The highest BCUT2D eigenvalue weighted by Gasteiger charge is 2.15. The van der Waals surface area contributed by atoms with Crippen LogP contribution in [-0.4, -0.2) is 50.6 Å². The molecule has 2 N–H and O–H groups in total. The van der Waals surface area contributed by atoms with Gasteiger partial charge in [-0.2, -0.15) is 0 Å². The molecule has 0 aliphatic rings. The van der Waals surface area contributed by atoms with Crippen LogP contribution in [0.1, 0.15) is 13.3 Å². The summed E-state index contributed by atoms with van der Waals surface area (Å²) in [4.78, 5) is 26.6. The molecular formula is C21H27N3O4. The summed E-state index contributed by atoms with van der Waals surface area (Å²) in [7, 11) is 3.14. The van der Waals surface area contributed by atoms with E-state index in [9.17, 15) is 9.59 Å². The minimum absolute atomic E-state index is 0.113. The van der Waals surface area contributed by atoms with Crippen LogP contribution in [0.4, 0.5) is 11.4 Å². The quantitative estimate of drug-likeness (QED) is 0.657. The van der Waals surface area contributed by atoms with Gasteiger partial charge < -0.3 is 20.1 Å². The molecule has 0 saturated carbocycles. The molecule has 0 fully saturated rings. The van der Waals surface area contributed by atoms with Crippen molar-refractivity contribution in [2.75, 3.05) is 44.5 Å². The SMILES string of the molecule is CCCN(CC(=O)Nc1ccc(OC)cc1)CC(=O)Nc1ccccc1OC. The number of nitrogens with zero attached hydrogens (tertiary/aromatic N) is 1. The second-order valence-electron chi connectivity index (χ2n) is 6.24. The van der Waals surface area contributed by atoms with E-state index in [4.69, 9.17) is 9.47 Å². The van der Waals surface area contributed by atoms with Crippen LogP contribution >= 0.6 is 0 Å². The van der Waals surface area contributed by atoms with E-state index in [1.807, 2.05) is 24.0 Å². The van der Waals surface area contributed by atoms with Crippen LogP contribution in [0.15, 0.2) is 48.5 Å². The predicted molar refractivity (Wildman–Crippen MR) is 110 cm³/mol. The molecule has 0 aromatic heterocycles. The fourth-order valence-electron chi connectivity index (χ4n) is 2.75. The lowest BCUT2D eigenvalue weighted by atomic mass is 10.3. The topological polar surface area (TPSA) is 79.9 Å². The minimum Gasteiger partial charge on any atom is -0.497 e. The first kappa shape index (κ1) is 21.2. The second-order valence-corrected chi connectivity index (χ2v) is 6.24. The molecule has 28 heavy (non-hydrogen) atoms. The Morgan fingerprint density at radius 2 is 1.54 bits per heavy atom. The van der Waals surface area contributed by atoms with Crippen molar-refractivity contribution in [1.82, 2.24) is 4.90 Å². The molecule has 0 aliphatic heterocycles. The molecule has 2 aromatic rings. The number of hydrogen-bond acceptors (Lipinski definition) is 5. The molecular weight excluding hydrogens is 358 g/mol. The third-order valence-corrected chi connectivity index (χ3v) is 4.03. The number of hydrogen-bond donors (Lipinski definition) is 2. The number of amides is 2. The van der Waals surface area contributed by atoms with Crippen molar-refractivity contribution in [2.45, 2.75) is 13.3 Å². The monoisotopic (exact) mass is 385 g/mol. The molecule has 0 saturated heterocycles. The van der Waals surface area contributed by atoms with E-state index in [1.165, 1.54) is 0 Å². The Morgan fingerprint density at radius 1 is 0.893 bits per heavy atom. The molecule has 7 nitrogen and oxygen atoms in total. The lowest BCUT2D eigenvalue weighted by molar-refractivity contribution is -0.120. The normalized spacial score (nSPS) is 10.4. The van der Waals surface area contributed by atoms with E-state index < -0.39 is 0 Å². The molecule has 2 amide bonds. The number of carbonyl (C=O) groups is 2. The zero-order chi connectivity index (χ0) is 20.4. The summed E-state index contributed by atoms with van der Waals surface area (Å²) in [5.74, 6) is 0.938. The van der Waals surface area contributed by atoms with Gasteiger partial charge in [0.05, 0.1) is 33.0 Å². The van der Waals surface area contributed by atoms with Crippen molar-refractivity contribution < 1.29 is 19.1 Å². The molecule has 0 spiro atoms. The van der Waals surface area contributed by atoms with Crippen LogP contribution in [0, 0.1) is 0 Å². The van der Waals surface area contributed by atoms with Gasteiger partial charge in [-0.3, -0.25) is 14.5 Å². The zero-order valence-corrected chi connectivity index (χ0v) is 16.5. The molecule has 0 unspecified atom stereocenters. The highest BCUT2D eigenvalue weighted by Crippen LogP contribution is 2.22. The summed E-state index contributed by atoms with van der Waals surface area (Å²) in [5.41, 5.74) is 1.29. The van der Waals surface area contributed by atoms with Gasteiger partial charge in [0.2, 0.25) is 11.8 Å². The predicted octanol–water partition coefficient (Wildman–Crippen LogP) is 2.99. The summed E-state index contributed by atoms with van der Waals surface area (Å²) in [5, 5.41) is 5.67. The number of para-hydroxylation sites is 2. The van der Waals surface area contributed by atoms with Crippen LogP contribution in [0.2, 0.25) is 0 Å². The summed E-state index contributed by atoms with van der Waals surface area (Å²) in [6.45, 7) is 2.88. The Kier molecular flexibility index (Phi) is 8.30. The highest BCUT2D eigenvalue weighted by atomic mass is 16.5. The van der Waals surface area contributed by atoms with Crippen molar-refractivity contribution in [3.63, 3.8) is 0 Å². The fraction of sp³-hybridized carbons (Fsp3) is 0.333. The van der Waals surface area contributed by atoms with Gasteiger partial charge in [-0.15, -0.1) is 0 Å². The van der Waals surface area contributed by atoms with Gasteiger partial charge in [-0.05, 0) is 49.4 Å². The number of anilines is 2. The smallest absolute Gasteiger partial charge is 0.238 e. The van der Waals surface area contributed by atoms with E-state index in [1.54, 1.807) is 50.6 Å². The number of carbonyl (C=O) groups excluding carboxylic acids is 2. The van der Waals surface area contributed by atoms with Crippen LogP contribution in [0.25, 0.3) is 0 Å². The number of rotatable bonds is 10. The van der Waals surface area contributed by atoms with Gasteiger partial charge >= 0.3 is 0 Å². The molecule has 0 radical (unpaired) electrons. The van der Waals surface area contributed by atoms with E-state index in [2.05, 4.69) is 10.6 Å². The van der Waals surface area contributed by atoms with Gasteiger partial charge in [0.15, 0.2) is 0 Å². The Balaban J connectivity index is 1.92. The Labute approximate surface area is 165 Å². The average Bonchev–Trinajstić information content (AvgIpc) is 2.69. The first-order chi connectivity index (χ1) is 13.5. The molecule has 0 aliphatic carbocycles. The molecule has 150 valence electrons. The van der Waals surface area contributed by atoms with E-state index >= 15 is 0 Å². The lowest BCUT2D eigenvalue weighted by Gasteiger charge is -2.21. The van der Waals surface area contributed by atoms with Gasteiger partial charge in [0.25, 0.3) is 0 Å². The number of ether oxygens (including phenoxy) is 2. The van der Waals surface area contributed by atoms with Crippen LogP contribution in [-0.2, 0) is 9.59 Å². The van der Waals surface area contributed by atoms with Crippen LogP contribution in [0.5, 0.6) is 11.5 Å². The summed E-state index contributed by atoms with van der Waals surface area (Å²) in [6, 6.07) is 14.3. The summed E-state index contributed by atoms with van der Waals surface area (Å²) >= 11 is 0. The van der Waals surface area contributed by atoms with Gasteiger partial charge in [0.1, 0.15) is 11.5 Å². The van der Waals surface area contributed by atoms with Gasteiger partial charge in [-0.1, -0.05) is 19.1 Å². The maximum atomic E-state index is 12.4. The standard InChI is InChI=1S/C21H27N3O4/c1-4-13-24(14-20(25)22-16-9-11-17(27-2)12-10-16)15-21(26)23-18-7-5-6-8-19(18)28-3/h5-12H,4,13-15H2,1-3H3,(H,22,25)(H,23,26). The third-order valence-electron chi connectivity index (χ3n) is 4.03. The molecule has 0 atom stereocenters. The van der Waals surface area contributed by atoms with Crippen molar-refractivity contribution in [3.05, 3.63) is 48.5 Å². The van der Waals surface area contributed by atoms with Gasteiger partial charge in [0, 0.05) is 5.69 Å². The second kappa shape index (κ2) is 10.9. The summed E-state index contributed by atoms with van der Waals surface area (Å²) < 4.78 is 10.4.